The maximum absolute atomic E-state index is 5.82. The highest BCUT2D eigenvalue weighted by Crippen LogP contribution is 2.29. The minimum atomic E-state index is 0.526. The van der Waals surface area contributed by atoms with Gasteiger partial charge in [0.1, 0.15) is 0 Å². The molecule has 0 aliphatic rings. The van der Waals surface area contributed by atoms with E-state index in [2.05, 4.69) is 44.2 Å². The van der Waals surface area contributed by atoms with Gasteiger partial charge in [-0.05, 0) is 34.7 Å². The van der Waals surface area contributed by atoms with Gasteiger partial charge < -0.3 is 5.73 Å². The summed E-state index contributed by atoms with van der Waals surface area (Å²) in [6, 6.07) is 16.6. The topological polar surface area (TPSA) is 26.0 Å². The normalized spacial score (nSPS) is 10.7. The third-order valence-electron chi connectivity index (χ3n) is 2.78. The van der Waals surface area contributed by atoms with E-state index in [0.717, 1.165) is 5.69 Å². The van der Waals surface area contributed by atoms with Gasteiger partial charge in [-0.25, -0.2) is 0 Å². The molecule has 0 aliphatic heterocycles. The van der Waals surface area contributed by atoms with Gasteiger partial charge >= 0.3 is 0 Å². The Morgan fingerprint density at radius 3 is 2.38 bits per heavy atom. The van der Waals surface area contributed by atoms with Crippen molar-refractivity contribution in [3.63, 3.8) is 0 Å². The van der Waals surface area contributed by atoms with Crippen LogP contribution in [0.2, 0.25) is 0 Å². The number of benzene rings is 2. The van der Waals surface area contributed by atoms with Crippen LogP contribution in [0.15, 0.2) is 48.5 Å². The van der Waals surface area contributed by atoms with Gasteiger partial charge in [0, 0.05) is 5.69 Å². The Hall–Kier alpha value is -1.76. The first-order valence-corrected chi connectivity index (χ1v) is 5.63. The SMILES string of the molecule is CC(C)c1ccccc1-c1cccc(N)c1. The molecule has 0 atom stereocenters. The maximum atomic E-state index is 5.82. The van der Waals surface area contributed by atoms with Gasteiger partial charge in [-0.15, -0.1) is 0 Å². The number of anilines is 1. The van der Waals surface area contributed by atoms with E-state index in [4.69, 9.17) is 5.73 Å². The lowest BCUT2D eigenvalue weighted by molar-refractivity contribution is 0.869. The largest absolute Gasteiger partial charge is 0.399 e. The molecule has 82 valence electrons. The Balaban J connectivity index is 2.55. The van der Waals surface area contributed by atoms with Crippen LogP contribution < -0.4 is 5.73 Å². The van der Waals surface area contributed by atoms with Crippen LogP contribution in [0.1, 0.15) is 25.3 Å². The van der Waals surface area contributed by atoms with Crippen molar-refractivity contribution in [2.75, 3.05) is 5.73 Å². The highest BCUT2D eigenvalue weighted by atomic mass is 14.5. The molecule has 16 heavy (non-hydrogen) atoms. The average molecular weight is 211 g/mol. The first-order chi connectivity index (χ1) is 7.68. The van der Waals surface area contributed by atoms with Crippen molar-refractivity contribution in [3.8, 4) is 11.1 Å². The van der Waals surface area contributed by atoms with Crippen LogP contribution in [-0.2, 0) is 0 Å². The summed E-state index contributed by atoms with van der Waals surface area (Å²) in [6.07, 6.45) is 0. The first kappa shape index (κ1) is 10.7. The van der Waals surface area contributed by atoms with E-state index in [9.17, 15) is 0 Å². The van der Waals surface area contributed by atoms with E-state index in [0.29, 0.717) is 5.92 Å². The quantitative estimate of drug-likeness (QED) is 0.745. The summed E-state index contributed by atoms with van der Waals surface area (Å²) in [5.74, 6) is 0.526. The molecule has 0 bridgehead atoms. The lowest BCUT2D eigenvalue weighted by Crippen LogP contribution is -1.92. The van der Waals surface area contributed by atoms with Crippen LogP contribution in [0.4, 0.5) is 5.69 Å². The summed E-state index contributed by atoms with van der Waals surface area (Å²) < 4.78 is 0. The van der Waals surface area contributed by atoms with Gasteiger partial charge in [0.25, 0.3) is 0 Å². The minimum Gasteiger partial charge on any atom is -0.399 e. The molecule has 0 spiro atoms. The molecule has 1 heteroatoms. The number of rotatable bonds is 2. The summed E-state index contributed by atoms with van der Waals surface area (Å²) in [6.45, 7) is 4.43. The second-order valence-corrected chi connectivity index (χ2v) is 4.37. The Bertz CT molecular complexity index is 486. The molecule has 0 saturated heterocycles. The van der Waals surface area contributed by atoms with Crippen molar-refractivity contribution in [1.82, 2.24) is 0 Å². The molecule has 0 aliphatic carbocycles. The molecule has 2 N–H and O–H groups in total. The van der Waals surface area contributed by atoms with Crippen LogP contribution in [0.3, 0.4) is 0 Å². The number of nitrogen functional groups attached to an aromatic ring is 1. The summed E-state index contributed by atoms with van der Waals surface area (Å²) in [7, 11) is 0. The molecule has 0 saturated carbocycles. The maximum Gasteiger partial charge on any atom is 0.0320 e. The van der Waals surface area contributed by atoms with Crippen molar-refractivity contribution in [3.05, 3.63) is 54.1 Å². The first-order valence-electron chi connectivity index (χ1n) is 5.63. The highest BCUT2D eigenvalue weighted by molar-refractivity contribution is 5.70. The van der Waals surface area contributed by atoms with E-state index >= 15 is 0 Å². The second kappa shape index (κ2) is 4.40. The predicted octanol–water partition coefficient (Wildman–Crippen LogP) is 4.06. The molecule has 0 aromatic heterocycles. The molecule has 0 heterocycles. The van der Waals surface area contributed by atoms with Crippen molar-refractivity contribution in [2.45, 2.75) is 19.8 Å². The molecule has 0 radical (unpaired) electrons. The zero-order chi connectivity index (χ0) is 11.5. The van der Waals surface area contributed by atoms with Gasteiger partial charge in [0.2, 0.25) is 0 Å². The summed E-state index contributed by atoms with van der Waals surface area (Å²) in [5, 5.41) is 0. The van der Waals surface area contributed by atoms with Crippen molar-refractivity contribution < 1.29 is 0 Å². The van der Waals surface area contributed by atoms with Crippen molar-refractivity contribution >= 4 is 5.69 Å². The number of hydrogen-bond donors (Lipinski definition) is 1. The standard InChI is InChI=1S/C15H17N/c1-11(2)14-8-3-4-9-15(14)12-6-5-7-13(16)10-12/h3-11H,16H2,1-2H3. The van der Waals surface area contributed by atoms with Crippen molar-refractivity contribution in [2.24, 2.45) is 0 Å². The fraction of sp³-hybridized carbons (Fsp3) is 0.200. The molecular formula is C15H17N. The number of nitrogens with two attached hydrogens (primary N) is 1. The van der Waals surface area contributed by atoms with Gasteiger partial charge in [-0.2, -0.15) is 0 Å². The van der Waals surface area contributed by atoms with Crippen LogP contribution >= 0.6 is 0 Å². The fourth-order valence-electron chi connectivity index (χ4n) is 1.97. The monoisotopic (exact) mass is 211 g/mol. The molecule has 1 nitrogen and oxygen atoms in total. The predicted molar refractivity (Wildman–Crippen MR) is 70.4 cm³/mol. The van der Waals surface area contributed by atoms with Crippen LogP contribution in [0, 0.1) is 0 Å². The lowest BCUT2D eigenvalue weighted by Gasteiger charge is -2.12. The van der Waals surface area contributed by atoms with Gasteiger partial charge in [0.05, 0.1) is 0 Å². The molecule has 0 amide bonds. The Morgan fingerprint density at radius 1 is 0.938 bits per heavy atom. The average Bonchev–Trinajstić information content (AvgIpc) is 2.29. The highest BCUT2D eigenvalue weighted by Gasteiger charge is 2.07. The smallest absolute Gasteiger partial charge is 0.0320 e. The van der Waals surface area contributed by atoms with Crippen molar-refractivity contribution in [1.29, 1.82) is 0 Å². The zero-order valence-corrected chi connectivity index (χ0v) is 9.77. The third-order valence-corrected chi connectivity index (χ3v) is 2.78. The minimum absolute atomic E-state index is 0.526. The summed E-state index contributed by atoms with van der Waals surface area (Å²) >= 11 is 0. The lowest BCUT2D eigenvalue weighted by atomic mass is 9.92. The summed E-state index contributed by atoms with van der Waals surface area (Å²) in [5.41, 5.74) is 10.5. The zero-order valence-electron chi connectivity index (χ0n) is 9.77. The van der Waals surface area contributed by atoms with E-state index in [1.165, 1.54) is 16.7 Å². The second-order valence-electron chi connectivity index (χ2n) is 4.37. The number of hydrogen-bond acceptors (Lipinski definition) is 1. The van der Waals surface area contributed by atoms with Gasteiger partial charge in [-0.1, -0.05) is 50.2 Å². The van der Waals surface area contributed by atoms with Crippen LogP contribution in [0.25, 0.3) is 11.1 Å². The van der Waals surface area contributed by atoms with E-state index in [1.54, 1.807) is 0 Å². The van der Waals surface area contributed by atoms with Gasteiger partial charge in [-0.3, -0.25) is 0 Å². The third kappa shape index (κ3) is 2.08. The van der Waals surface area contributed by atoms with Crippen LogP contribution in [0.5, 0.6) is 0 Å². The molecule has 2 aromatic carbocycles. The Morgan fingerprint density at radius 2 is 1.69 bits per heavy atom. The van der Waals surface area contributed by atoms with Crippen LogP contribution in [-0.4, -0.2) is 0 Å². The van der Waals surface area contributed by atoms with E-state index in [1.807, 2.05) is 18.2 Å². The summed E-state index contributed by atoms with van der Waals surface area (Å²) in [4.78, 5) is 0. The molecule has 0 unspecified atom stereocenters. The van der Waals surface area contributed by atoms with E-state index < -0.39 is 0 Å². The molecular weight excluding hydrogens is 194 g/mol. The van der Waals surface area contributed by atoms with E-state index in [-0.39, 0.29) is 0 Å². The Kier molecular flexibility index (Phi) is 2.95. The molecule has 2 rings (SSSR count). The molecule has 2 aromatic rings. The fourth-order valence-corrected chi connectivity index (χ4v) is 1.97. The Labute approximate surface area is 96.9 Å². The van der Waals surface area contributed by atoms with Gasteiger partial charge in [0.15, 0.2) is 0 Å². The molecule has 0 fully saturated rings.